The van der Waals surface area contributed by atoms with Crippen LogP contribution >= 0.6 is 0 Å². The van der Waals surface area contributed by atoms with Crippen LogP contribution in [0.3, 0.4) is 0 Å². The number of methoxy groups -OCH3 is 1. The van der Waals surface area contributed by atoms with Gasteiger partial charge in [0.05, 0.1) is 18.2 Å². The molecule has 5 nitrogen and oxygen atoms in total. The molecule has 0 radical (unpaired) electrons. The zero-order valence-electron chi connectivity index (χ0n) is 12.1. The lowest BCUT2D eigenvalue weighted by Gasteiger charge is -2.21. The fourth-order valence-corrected chi connectivity index (χ4v) is 1.69. The van der Waals surface area contributed by atoms with Gasteiger partial charge in [-0.15, -0.1) is 0 Å². The highest BCUT2D eigenvalue weighted by Gasteiger charge is 2.17. The van der Waals surface area contributed by atoms with E-state index in [1.54, 1.807) is 7.11 Å². The van der Waals surface area contributed by atoms with Gasteiger partial charge >= 0.3 is 0 Å². The van der Waals surface area contributed by atoms with E-state index in [0.29, 0.717) is 12.6 Å². The third kappa shape index (κ3) is 5.69. The van der Waals surface area contributed by atoms with Crippen LogP contribution in [0.5, 0.6) is 0 Å². The molecule has 1 rings (SSSR count). The third-order valence-corrected chi connectivity index (χ3v) is 3.04. The first-order valence-corrected chi connectivity index (χ1v) is 6.76. The number of nitrogens with one attached hydrogen (secondary N) is 2. The Morgan fingerprint density at radius 3 is 2.78 bits per heavy atom. The Bertz CT molecular complexity index is 261. The van der Waals surface area contributed by atoms with Crippen LogP contribution in [0.15, 0.2) is 4.99 Å². The second kappa shape index (κ2) is 7.59. The van der Waals surface area contributed by atoms with Crippen molar-refractivity contribution in [3.8, 4) is 0 Å². The standard InChI is InChI=1S/C13H27N3O2/c1-5-14-12(16-10-13(2,3)17-4)15-9-11-7-6-8-18-11/h11H,5-10H2,1-4H3,(H2,14,15,16). The molecule has 1 aliphatic heterocycles. The number of guanidine groups is 1. The maximum absolute atomic E-state index is 5.58. The van der Waals surface area contributed by atoms with Gasteiger partial charge in [0.2, 0.25) is 0 Å². The number of hydrogen-bond acceptors (Lipinski definition) is 3. The Kier molecular flexibility index (Phi) is 6.43. The topological polar surface area (TPSA) is 54.9 Å². The number of hydrogen-bond donors (Lipinski definition) is 2. The molecular formula is C13H27N3O2. The Hall–Kier alpha value is -0.810. The lowest BCUT2D eigenvalue weighted by atomic mass is 10.1. The van der Waals surface area contributed by atoms with Crippen molar-refractivity contribution in [2.45, 2.75) is 45.3 Å². The molecule has 18 heavy (non-hydrogen) atoms. The van der Waals surface area contributed by atoms with Gasteiger partial charge in [0, 0.05) is 26.8 Å². The van der Waals surface area contributed by atoms with E-state index < -0.39 is 0 Å². The van der Waals surface area contributed by atoms with Gasteiger partial charge in [-0.1, -0.05) is 0 Å². The lowest BCUT2D eigenvalue weighted by Crippen LogP contribution is -2.42. The maximum atomic E-state index is 5.58. The highest BCUT2D eigenvalue weighted by Crippen LogP contribution is 2.10. The molecule has 0 saturated carbocycles. The van der Waals surface area contributed by atoms with E-state index in [1.807, 2.05) is 13.8 Å². The molecule has 0 aromatic carbocycles. The van der Waals surface area contributed by atoms with Gasteiger partial charge in [-0.25, -0.2) is 0 Å². The molecule has 1 unspecified atom stereocenters. The van der Waals surface area contributed by atoms with Gasteiger partial charge < -0.3 is 20.1 Å². The van der Waals surface area contributed by atoms with Crippen LogP contribution in [-0.2, 0) is 9.47 Å². The molecule has 5 heteroatoms. The molecule has 1 heterocycles. The predicted octanol–water partition coefficient (Wildman–Crippen LogP) is 1.15. The number of rotatable bonds is 6. The van der Waals surface area contributed by atoms with E-state index in [1.165, 1.54) is 0 Å². The minimum absolute atomic E-state index is 0.230. The highest BCUT2D eigenvalue weighted by atomic mass is 16.5. The summed E-state index contributed by atoms with van der Waals surface area (Å²) in [4.78, 5) is 4.53. The Morgan fingerprint density at radius 2 is 2.22 bits per heavy atom. The van der Waals surface area contributed by atoms with Crippen molar-refractivity contribution >= 4 is 5.96 Å². The number of aliphatic imine (C=N–C) groups is 1. The van der Waals surface area contributed by atoms with Crippen LogP contribution in [0, 0.1) is 0 Å². The van der Waals surface area contributed by atoms with E-state index in [-0.39, 0.29) is 5.60 Å². The number of ether oxygens (including phenoxy) is 2. The summed E-state index contributed by atoms with van der Waals surface area (Å²) in [6.45, 7) is 9.30. The molecular weight excluding hydrogens is 230 g/mol. The van der Waals surface area contributed by atoms with Gasteiger partial charge in [0.15, 0.2) is 5.96 Å². The van der Waals surface area contributed by atoms with Crippen LogP contribution in [0.4, 0.5) is 0 Å². The van der Waals surface area contributed by atoms with Gasteiger partial charge in [-0.05, 0) is 33.6 Å². The average molecular weight is 257 g/mol. The summed E-state index contributed by atoms with van der Waals surface area (Å²) >= 11 is 0. The average Bonchev–Trinajstić information content (AvgIpc) is 2.86. The van der Waals surface area contributed by atoms with Crippen molar-refractivity contribution in [2.75, 3.05) is 33.4 Å². The van der Waals surface area contributed by atoms with Crippen LogP contribution in [0.25, 0.3) is 0 Å². The molecule has 106 valence electrons. The van der Waals surface area contributed by atoms with Crippen molar-refractivity contribution < 1.29 is 9.47 Å². The van der Waals surface area contributed by atoms with Crippen LogP contribution in [-0.4, -0.2) is 51.0 Å². The van der Waals surface area contributed by atoms with E-state index >= 15 is 0 Å². The first-order chi connectivity index (χ1) is 8.57. The smallest absolute Gasteiger partial charge is 0.191 e. The fourth-order valence-electron chi connectivity index (χ4n) is 1.69. The molecule has 1 aliphatic rings. The van der Waals surface area contributed by atoms with E-state index in [9.17, 15) is 0 Å². The highest BCUT2D eigenvalue weighted by molar-refractivity contribution is 5.79. The monoisotopic (exact) mass is 257 g/mol. The van der Waals surface area contributed by atoms with Crippen LogP contribution in [0.2, 0.25) is 0 Å². The van der Waals surface area contributed by atoms with Gasteiger partial charge in [0.25, 0.3) is 0 Å². The molecule has 0 spiro atoms. The zero-order chi connectivity index (χ0) is 13.4. The van der Waals surface area contributed by atoms with E-state index in [2.05, 4.69) is 22.5 Å². The lowest BCUT2D eigenvalue weighted by molar-refractivity contribution is 0.0310. The van der Waals surface area contributed by atoms with Gasteiger partial charge in [-0.3, -0.25) is 4.99 Å². The largest absolute Gasteiger partial charge is 0.377 e. The molecule has 0 amide bonds. The van der Waals surface area contributed by atoms with Crippen molar-refractivity contribution in [3.05, 3.63) is 0 Å². The van der Waals surface area contributed by atoms with E-state index in [0.717, 1.165) is 38.5 Å². The SMILES string of the molecule is CCNC(=NCC(C)(C)OC)NCC1CCCO1. The molecule has 2 N–H and O–H groups in total. The molecule has 1 saturated heterocycles. The van der Waals surface area contributed by atoms with Crippen LogP contribution in [0.1, 0.15) is 33.6 Å². The Labute approximate surface area is 110 Å². The first kappa shape index (κ1) is 15.2. The third-order valence-electron chi connectivity index (χ3n) is 3.04. The quantitative estimate of drug-likeness (QED) is 0.553. The molecule has 0 bridgehead atoms. The normalized spacial score (nSPS) is 21.1. The van der Waals surface area contributed by atoms with Crippen molar-refractivity contribution in [1.82, 2.24) is 10.6 Å². The molecule has 0 aromatic heterocycles. The first-order valence-electron chi connectivity index (χ1n) is 6.76. The molecule has 0 aliphatic carbocycles. The zero-order valence-corrected chi connectivity index (χ0v) is 12.1. The molecule has 1 atom stereocenters. The predicted molar refractivity (Wildman–Crippen MR) is 74.0 cm³/mol. The van der Waals surface area contributed by atoms with Gasteiger partial charge in [-0.2, -0.15) is 0 Å². The maximum Gasteiger partial charge on any atom is 0.191 e. The summed E-state index contributed by atoms with van der Waals surface area (Å²) in [6.07, 6.45) is 2.62. The van der Waals surface area contributed by atoms with E-state index in [4.69, 9.17) is 9.47 Å². The second-order valence-electron chi connectivity index (χ2n) is 5.17. The van der Waals surface area contributed by atoms with Crippen molar-refractivity contribution in [3.63, 3.8) is 0 Å². The second-order valence-corrected chi connectivity index (χ2v) is 5.17. The minimum atomic E-state index is -0.230. The number of nitrogens with zero attached hydrogens (tertiary/aromatic N) is 1. The van der Waals surface area contributed by atoms with Gasteiger partial charge in [0.1, 0.15) is 0 Å². The summed E-state index contributed by atoms with van der Waals surface area (Å²) in [5.74, 6) is 0.832. The summed E-state index contributed by atoms with van der Waals surface area (Å²) in [6, 6.07) is 0. The van der Waals surface area contributed by atoms with Crippen molar-refractivity contribution in [1.29, 1.82) is 0 Å². The minimum Gasteiger partial charge on any atom is -0.377 e. The summed E-state index contributed by atoms with van der Waals surface area (Å²) in [5, 5.41) is 6.55. The molecule has 0 aromatic rings. The van der Waals surface area contributed by atoms with Crippen LogP contribution < -0.4 is 10.6 Å². The summed E-state index contributed by atoms with van der Waals surface area (Å²) < 4.78 is 10.9. The summed E-state index contributed by atoms with van der Waals surface area (Å²) in [5.41, 5.74) is -0.230. The molecule has 1 fully saturated rings. The summed E-state index contributed by atoms with van der Waals surface area (Å²) in [7, 11) is 1.71. The Balaban J connectivity index is 2.39. The fraction of sp³-hybridized carbons (Fsp3) is 0.923. The van der Waals surface area contributed by atoms with Crippen molar-refractivity contribution in [2.24, 2.45) is 4.99 Å². The Morgan fingerprint density at radius 1 is 1.44 bits per heavy atom.